The van der Waals surface area contributed by atoms with E-state index in [9.17, 15) is 14.0 Å². The van der Waals surface area contributed by atoms with Crippen LogP contribution in [0.15, 0.2) is 54.6 Å². The standard InChI is InChI=1S/C21H26FN3O2/c1-15(24-21(27)16-8-5-4-6-9-16)12-20(26)23-14-19(25(2)3)17-10-7-11-18(22)13-17/h4-11,13,15,19H,12,14H2,1-3H3,(H,23,26)(H,24,27)/t15-,19+/m0/s1. The van der Waals surface area contributed by atoms with Crippen molar-refractivity contribution < 1.29 is 14.0 Å². The molecule has 0 saturated heterocycles. The van der Waals surface area contributed by atoms with E-state index < -0.39 is 0 Å². The largest absolute Gasteiger partial charge is 0.354 e. The molecule has 0 heterocycles. The van der Waals surface area contributed by atoms with Crippen LogP contribution in [0.1, 0.15) is 35.3 Å². The third kappa shape index (κ3) is 6.49. The normalized spacial score (nSPS) is 13.1. The highest BCUT2D eigenvalue weighted by atomic mass is 19.1. The Morgan fingerprint density at radius 3 is 2.41 bits per heavy atom. The molecule has 144 valence electrons. The summed E-state index contributed by atoms with van der Waals surface area (Å²) in [5, 5.41) is 5.69. The summed E-state index contributed by atoms with van der Waals surface area (Å²) in [6.45, 7) is 2.14. The van der Waals surface area contributed by atoms with Crippen molar-refractivity contribution in [1.29, 1.82) is 0 Å². The number of rotatable bonds is 8. The lowest BCUT2D eigenvalue weighted by Crippen LogP contribution is -2.39. The highest BCUT2D eigenvalue weighted by Crippen LogP contribution is 2.18. The van der Waals surface area contributed by atoms with E-state index in [4.69, 9.17) is 0 Å². The molecule has 2 amide bonds. The van der Waals surface area contributed by atoms with Crippen molar-refractivity contribution in [2.75, 3.05) is 20.6 Å². The van der Waals surface area contributed by atoms with Gasteiger partial charge < -0.3 is 15.5 Å². The number of amides is 2. The zero-order chi connectivity index (χ0) is 19.8. The first-order valence-electron chi connectivity index (χ1n) is 8.91. The summed E-state index contributed by atoms with van der Waals surface area (Å²) in [6.07, 6.45) is 0.169. The molecule has 0 aromatic heterocycles. The van der Waals surface area contributed by atoms with Crippen molar-refractivity contribution in [1.82, 2.24) is 15.5 Å². The van der Waals surface area contributed by atoms with E-state index in [0.29, 0.717) is 12.1 Å². The number of nitrogens with zero attached hydrogens (tertiary/aromatic N) is 1. The molecular formula is C21H26FN3O2. The lowest BCUT2D eigenvalue weighted by molar-refractivity contribution is -0.121. The number of likely N-dealkylation sites (N-methyl/N-ethyl adjacent to an activating group) is 1. The van der Waals surface area contributed by atoms with E-state index in [1.54, 1.807) is 37.3 Å². The number of benzene rings is 2. The summed E-state index contributed by atoms with van der Waals surface area (Å²) in [4.78, 5) is 26.3. The highest BCUT2D eigenvalue weighted by Gasteiger charge is 2.18. The fraction of sp³-hybridized carbons (Fsp3) is 0.333. The van der Waals surface area contributed by atoms with E-state index in [-0.39, 0.29) is 36.1 Å². The average molecular weight is 371 g/mol. The SMILES string of the molecule is C[C@@H](CC(=O)NC[C@H](c1cccc(F)c1)N(C)C)NC(=O)c1ccccc1. The summed E-state index contributed by atoms with van der Waals surface area (Å²) >= 11 is 0. The molecule has 2 atom stereocenters. The average Bonchev–Trinajstić information content (AvgIpc) is 2.62. The predicted molar refractivity (Wildman–Crippen MR) is 104 cm³/mol. The highest BCUT2D eigenvalue weighted by molar-refractivity contribution is 5.94. The van der Waals surface area contributed by atoms with Gasteiger partial charge in [-0.05, 0) is 50.8 Å². The molecule has 27 heavy (non-hydrogen) atoms. The van der Waals surface area contributed by atoms with Crippen LogP contribution in [0.25, 0.3) is 0 Å². The molecule has 0 spiro atoms. The second kappa shape index (κ2) is 9.83. The quantitative estimate of drug-likeness (QED) is 0.750. The summed E-state index contributed by atoms with van der Waals surface area (Å²) in [6, 6.07) is 14.8. The van der Waals surface area contributed by atoms with Gasteiger partial charge in [0.25, 0.3) is 5.91 Å². The fourth-order valence-corrected chi connectivity index (χ4v) is 2.82. The molecule has 0 saturated carbocycles. The molecule has 0 fully saturated rings. The maximum atomic E-state index is 13.5. The minimum atomic E-state index is -0.303. The Balaban J connectivity index is 1.86. The molecule has 0 aliphatic heterocycles. The van der Waals surface area contributed by atoms with Crippen molar-refractivity contribution >= 4 is 11.8 Å². The molecule has 0 unspecified atom stereocenters. The topological polar surface area (TPSA) is 61.4 Å². The van der Waals surface area contributed by atoms with Gasteiger partial charge >= 0.3 is 0 Å². The first-order chi connectivity index (χ1) is 12.9. The van der Waals surface area contributed by atoms with Gasteiger partial charge in [-0.1, -0.05) is 30.3 Å². The van der Waals surface area contributed by atoms with Gasteiger partial charge in [-0.15, -0.1) is 0 Å². The molecule has 2 N–H and O–H groups in total. The Morgan fingerprint density at radius 1 is 1.07 bits per heavy atom. The van der Waals surface area contributed by atoms with Crippen LogP contribution in [0.3, 0.4) is 0 Å². The van der Waals surface area contributed by atoms with Crippen LogP contribution in [-0.2, 0) is 4.79 Å². The van der Waals surface area contributed by atoms with E-state index >= 15 is 0 Å². The summed E-state index contributed by atoms with van der Waals surface area (Å²) < 4.78 is 13.5. The molecule has 0 radical (unpaired) electrons. The number of nitrogens with one attached hydrogen (secondary N) is 2. The number of carbonyl (C=O) groups excluding carboxylic acids is 2. The first-order valence-corrected chi connectivity index (χ1v) is 8.91. The molecule has 0 aliphatic carbocycles. The summed E-state index contributed by atoms with van der Waals surface area (Å²) in [7, 11) is 3.76. The second-order valence-corrected chi connectivity index (χ2v) is 6.78. The van der Waals surface area contributed by atoms with Crippen LogP contribution >= 0.6 is 0 Å². The van der Waals surface area contributed by atoms with E-state index in [1.165, 1.54) is 12.1 Å². The first kappa shape index (κ1) is 20.6. The second-order valence-electron chi connectivity index (χ2n) is 6.78. The van der Waals surface area contributed by atoms with E-state index in [2.05, 4.69) is 10.6 Å². The number of hydrogen-bond donors (Lipinski definition) is 2. The monoisotopic (exact) mass is 371 g/mol. The van der Waals surface area contributed by atoms with Crippen LogP contribution in [0.5, 0.6) is 0 Å². The van der Waals surface area contributed by atoms with Crippen LogP contribution in [0, 0.1) is 5.82 Å². The van der Waals surface area contributed by atoms with Crippen molar-refractivity contribution in [2.24, 2.45) is 0 Å². The Kier molecular flexibility index (Phi) is 7.49. The molecular weight excluding hydrogens is 345 g/mol. The maximum Gasteiger partial charge on any atom is 0.251 e. The Labute approximate surface area is 159 Å². The van der Waals surface area contributed by atoms with E-state index in [0.717, 1.165) is 5.56 Å². The van der Waals surface area contributed by atoms with E-state index in [1.807, 2.05) is 31.1 Å². The molecule has 5 nitrogen and oxygen atoms in total. The van der Waals surface area contributed by atoms with Gasteiger partial charge in [0.1, 0.15) is 5.82 Å². The third-order valence-corrected chi connectivity index (χ3v) is 4.25. The van der Waals surface area contributed by atoms with Gasteiger partial charge in [-0.2, -0.15) is 0 Å². The summed E-state index contributed by atoms with van der Waals surface area (Å²) in [5.74, 6) is -0.677. The van der Waals surface area contributed by atoms with Crippen LogP contribution in [0.2, 0.25) is 0 Å². The Bertz CT molecular complexity index is 765. The molecule has 2 rings (SSSR count). The van der Waals surface area contributed by atoms with Crippen molar-refractivity contribution in [3.63, 3.8) is 0 Å². The smallest absolute Gasteiger partial charge is 0.251 e. The summed E-state index contributed by atoms with van der Waals surface area (Å²) in [5.41, 5.74) is 1.36. The fourth-order valence-electron chi connectivity index (χ4n) is 2.82. The molecule has 0 aliphatic rings. The molecule has 2 aromatic rings. The van der Waals surface area contributed by atoms with Crippen LogP contribution in [0.4, 0.5) is 4.39 Å². The third-order valence-electron chi connectivity index (χ3n) is 4.25. The van der Waals surface area contributed by atoms with Crippen LogP contribution in [-0.4, -0.2) is 43.4 Å². The van der Waals surface area contributed by atoms with Crippen LogP contribution < -0.4 is 10.6 Å². The zero-order valence-corrected chi connectivity index (χ0v) is 15.9. The van der Waals surface area contributed by atoms with Gasteiger partial charge in [0, 0.05) is 24.6 Å². The Hall–Kier alpha value is -2.73. The molecule has 6 heteroatoms. The Morgan fingerprint density at radius 2 is 1.78 bits per heavy atom. The van der Waals surface area contributed by atoms with Crippen molar-refractivity contribution in [2.45, 2.75) is 25.4 Å². The van der Waals surface area contributed by atoms with Gasteiger partial charge in [-0.25, -0.2) is 4.39 Å². The zero-order valence-electron chi connectivity index (χ0n) is 15.9. The number of carbonyl (C=O) groups is 2. The number of halogens is 1. The van der Waals surface area contributed by atoms with Crippen molar-refractivity contribution in [3.8, 4) is 0 Å². The lowest BCUT2D eigenvalue weighted by atomic mass is 10.1. The lowest BCUT2D eigenvalue weighted by Gasteiger charge is -2.25. The van der Waals surface area contributed by atoms with Gasteiger partial charge in [0.05, 0.1) is 6.04 Å². The minimum Gasteiger partial charge on any atom is -0.354 e. The van der Waals surface area contributed by atoms with Gasteiger partial charge in [0.2, 0.25) is 5.91 Å². The van der Waals surface area contributed by atoms with Gasteiger partial charge in [0.15, 0.2) is 0 Å². The maximum absolute atomic E-state index is 13.5. The predicted octanol–water partition coefficient (Wildman–Crippen LogP) is 2.75. The molecule has 0 bridgehead atoms. The van der Waals surface area contributed by atoms with Gasteiger partial charge in [-0.3, -0.25) is 9.59 Å². The number of hydrogen-bond acceptors (Lipinski definition) is 3. The minimum absolute atomic E-state index is 0.140. The molecule has 2 aromatic carbocycles. The van der Waals surface area contributed by atoms with Crippen molar-refractivity contribution in [3.05, 3.63) is 71.5 Å².